The Balaban J connectivity index is 0.000000397. The Hall–Kier alpha value is -1.82. The third-order valence-electron chi connectivity index (χ3n) is 1.55. The first-order valence-electron chi connectivity index (χ1n) is 4.07. The van der Waals surface area contributed by atoms with Crippen molar-refractivity contribution in [1.29, 1.82) is 0 Å². The third-order valence-corrected chi connectivity index (χ3v) is 1.55. The number of benzene rings is 1. The van der Waals surface area contributed by atoms with Gasteiger partial charge in [-0.3, -0.25) is 4.79 Å². The van der Waals surface area contributed by atoms with Crippen LogP contribution in [-0.4, -0.2) is 23.0 Å². The second-order valence-electron chi connectivity index (χ2n) is 2.74. The summed E-state index contributed by atoms with van der Waals surface area (Å²) in [4.78, 5) is 30.7. The van der Waals surface area contributed by atoms with Gasteiger partial charge in [-0.25, -0.2) is 9.59 Å². The molecule has 0 amide bonds. The van der Waals surface area contributed by atoms with E-state index in [4.69, 9.17) is 9.90 Å². The van der Waals surface area contributed by atoms with Gasteiger partial charge in [-0.2, -0.15) is 13.5 Å². The predicted octanol–water partition coefficient (Wildman–Crippen LogP) is 1.20. The zero-order chi connectivity index (χ0) is 11.4. The Labute approximate surface area is 98.5 Å². The summed E-state index contributed by atoms with van der Waals surface area (Å²) in [5.41, 5.74) is 0.718. The number of cyclic esters (lactones) is 2. The molecule has 86 valence electrons. The van der Waals surface area contributed by atoms with Crippen molar-refractivity contribution in [2.75, 3.05) is 0 Å². The molecule has 1 heterocycles. The van der Waals surface area contributed by atoms with Crippen molar-refractivity contribution in [2.45, 2.75) is 6.92 Å². The summed E-state index contributed by atoms with van der Waals surface area (Å²) in [6.45, 7) is 1.08. The molecule has 1 N–H and O–H groups in total. The summed E-state index contributed by atoms with van der Waals surface area (Å²) in [5.74, 6) is -1.93. The van der Waals surface area contributed by atoms with E-state index in [2.05, 4.69) is 4.74 Å². The molecule has 1 aromatic carbocycles. The maximum Gasteiger partial charge on any atom is 0.346 e. The highest BCUT2D eigenvalue weighted by molar-refractivity contribution is 7.59. The molecule has 6 heteroatoms. The number of esters is 2. The van der Waals surface area contributed by atoms with Crippen LogP contribution in [0.2, 0.25) is 0 Å². The first-order chi connectivity index (χ1) is 7.02. The first-order valence-corrected chi connectivity index (χ1v) is 4.07. The minimum atomic E-state index is -0.833. The topological polar surface area (TPSA) is 80.7 Å². The van der Waals surface area contributed by atoms with Gasteiger partial charge in [-0.15, -0.1) is 0 Å². The van der Waals surface area contributed by atoms with Crippen molar-refractivity contribution < 1.29 is 24.2 Å². The lowest BCUT2D eigenvalue weighted by atomic mass is 10.1. The average Bonchev–Trinajstić information content (AvgIpc) is 2.43. The highest BCUT2D eigenvalue weighted by atomic mass is 32.1. The monoisotopic (exact) mass is 242 g/mol. The number of hydrogen-bond acceptors (Lipinski definition) is 4. The lowest BCUT2D eigenvalue weighted by molar-refractivity contribution is -0.134. The van der Waals surface area contributed by atoms with E-state index in [-0.39, 0.29) is 13.5 Å². The summed E-state index contributed by atoms with van der Waals surface area (Å²) >= 11 is 0. The average molecular weight is 242 g/mol. The van der Waals surface area contributed by atoms with Crippen LogP contribution < -0.4 is 0 Å². The fourth-order valence-electron chi connectivity index (χ4n) is 1.03. The van der Waals surface area contributed by atoms with Crippen LogP contribution in [0, 0.1) is 0 Å². The van der Waals surface area contributed by atoms with Gasteiger partial charge in [0.05, 0.1) is 11.1 Å². The smallest absolute Gasteiger partial charge is 0.346 e. The van der Waals surface area contributed by atoms with Gasteiger partial charge in [0.25, 0.3) is 5.97 Å². The second kappa shape index (κ2) is 5.92. The molecule has 0 saturated carbocycles. The van der Waals surface area contributed by atoms with E-state index in [1.807, 2.05) is 0 Å². The SMILES string of the molecule is CC(=O)O.O=C1OC(=O)c2ccccc21.S. The standard InChI is InChI=1S/C8H4O3.C2H4O2.H2S/c9-7-5-3-1-2-4-6(5)8(10)11-7;1-2(3)4;/h1-4H;1H3,(H,3,4);1H2. The van der Waals surface area contributed by atoms with Crippen molar-refractivity contribution in [2.24, 2.45) is 0 Å². The second-order valence-corrected chi connectivity index (χ2v) is 2.74. The quantitative estimate of drug-likeness (QED) is 0.546. The van der Waals surface area contributed by atoms with Crippen molar-refractivity contribution in [3.05, 3.63) is 35.4 Å². The normalized spacial score (nSPS) is 11.6. The molecule has 1 aliphatic heterocycles. The summed E-state index contributed by atoms with van der Waals surface area (Å²) < 4.78 is 4.35. The van der Waals surface area contributed by atoms with E-state index in [1.54, 1.807) is 24.3 Å². The first kappa shape index (κ1) is 14.2. The maximum atomic E-state index is 10.8. The van der Waals surface area contributed by atoms with Gasteiger partial charge in [-0.05, 0) is 12.1 Å². The number of carboxylic acid groups (broad SMARTS) is 1. The Bertz CT molecular complexity index is 390. The molecule has 5 nitrogen and oxygen atoms in total. The Morgan fingerprint density at radius 1 is 1.12 bits per heavy atom. The van der Waals surface area contributed by atoms with E-state index in [1.165, 1.54) is 0 Å². The minimum absolute atomic E-state index is 0. The molecule has 16 heavy (non-hydrogen) atoms. The van der Waals surface area contributed by atoms with E-state index in [0.29, 0.717) is 11.1 Å². The van der Waals surface area contributed by atoms with E-state index in [9.17, 15) is 9.59 Å². The summed E-state index contributed by atoms with van der Waals surface area (Å²) in [6.07, 6.45) is 0. The zero-order valence-corrected chi connectivity index (χ0v) is 9.39. The molecule has 0 unspecified atom stereocenters. The fourth-order valence-corrected chi connectivity index (χ4v) is 1.03. The molecule has 0 saturated heterocycles. The maximum absolute atomic E-state index is 10.8. The number of carbonyl (C=O) groups excluding carboxylic acids is 2. The highest BCUT2D eigenvalue weighted by Crippen LogP contribution is 2.18. The molecule has 1 aromatic rings. The third kappa shape index (κ3) is 3.39. The van der Waals surface area contributed by atoms with Crippen molar-refractivity contribution in [1.82, 2.24) is 0 Å². The molecule has 0 radical (unpaired) electrons. The molecule has 0 atom stereocenters. The fraction of sp³-hybridized carbons (Fsp3) is 0.100. The molecule has 0 bridgehead atoms. The van der Waals surface area contributed by atoms with Gasteiger partial charge < -0.3 is 9.84 Å². The number of carboxylic acids is 1. The van der Waals surface area contributed by atoms with Crippen molar-refractivity contribution >= 4 is 31.4 Å². The van der Waals surface area contributed by atoms with Gasteiger partial charge in [0.1, 0.15) is 0 Å². The van der Waals surface area contributed by atoms with Gasteiger partial charge in [-0.1, -0.05) is 12.1 Å². The van der Waals surface area contributed by atoms with Crippen LogP contribution >= 0.6 is 13.5 Å². The predicted molar refractivity (Wildman–Crippen MR) is 59.9 cm³/mol. The Morgan fingerprint density at radius 3 is 1.75 bits per heavy atom. The van der Waals surface area contributed by atoms with Crippen LogP contribution in [0.4, 0.5) is 0 Å². The van der Waals surface area contributed by atoms with Gasteiger partial charge in [0.2, 0.25) is 0 Å². The molecule has 0 aliphatic carbocycles. The van der Waals surface area contributed by atoms with Crippen LogP contribution in [0.25, 0.3) is 0 Å². The number of aliphatic carboxylic acids is 1. The molecule has 0 aromatic heterocycles. The number of rotatable bonds is 0. The molecular weight excluding hydrogens is 232 g/mol. The minimum Gasteiger partial charge on any atom is -0.481 e. The van der Waals surface area contributed by atoms with Crippen molar-refractivity contribution in [3.63, 3.8) is 0 Å². The van der Waals surface area contributed by atoms with E-state index >= 15 is 0 Å². The lowest BCUT2D eigenvalue weighted by Crippen LogP contribution is -1.96. The number of carbonyl (C=O) groups is 3. The van der Waals surface area contributed by atoms with Gasteiger partial charge >= 0.3 is 11.9 Å². The van der Waals surface area contributed by atoms with Crippen molar-refractivity contribution in [3.8, 4) is 0 Å². The summed E-state index contributed by atoms with van der Waals surface area (Å²) in [7, 11) is 0. The van der Waals surface area contributed by atoms with Crippen LogP contribution in [0.1, 0.15) is 27.6 Å². The van der Waals surface area contributed by atoms with E-state index < -0.39 is 17.9 Å². The summed E-state index contributed by atoms with van der Waals surface area (Å²) in [5, 5.41) is 7.42. The van der Waals surface area contributed by atoms with E-state index in [0.717, 1.165) is 6.92 Å². The lowest BCUT2D eigenvalue weighted by Gasteiger charge is -1.86. The molecular formula is C10H10O5S. The molecule has 0 fully saturated rings. The molecule has 0 spiro atoms. The van der Waals surface area contributed by atoms with Crippen LogP contribution in [-0.2, 0) is 9.53 Å². The number of ether oxygens (including phenoxy) is 1. The zero-order valence-electron chi connectivity index (χ0n) is 8.39. The molecule has 2 rings (SSSR count). The number of fused-ring (bicyclic) bond motifs is 1. The number of hydrogen-bond donors (Lipinski definition) is 1. The Morgan fingerprint density at radius 2 is 1.44 bits per heavy atom. The van der Waals surface area contributed by atoms with Crippen LogP contribution in [0.3, 0.4) is 0 Å². The highest BCUT2D eigenvalue weighted by Gasteiger charge is 2.28. The largest absolute Gasteiger partial charge is 0.481 e. The van der Waals surface area contributed by atoms with Crippen LogP contribution in [0.5, 0.6) is 0 Å². The van der Waals surface area contributed by atoms with Gasteiger partial charge in [0, 0.05) is 6.92 Å². The summed E-state index contributed by atoms with van der Waals surface area (Å²) in [6, 6.07) is 6.53. The molecule has 1 aliphatic rings. The van der Waals surface area contributed by atoms with Crippen LogP contribution in [0.15, 0.2) is 24.3 Å². The van der Waals surface area contributed by atoms with Gasteiger partial charge in [0.15, 0.2) is 0 Å². The Kier molecular flexibility index (Phi) is 5.24.